The van der Waals surface area contributed by atoms with Crippen molar-refractivity contribution in [3.05, 3.63) is 90.0 Å². The summed E-state index contributed by atoms with van der Waals surface area (Å²) in [5.41, 5.74) is 3.13. The zero-order valence-electron chi connectivity index (χ0n) is 19.2. The number of likely N-dealkylation sites (N-methyl/N-ethyl adjacent to an activating group) is 1. The molecule has 2 amide bonds. The van der Waals surface area contributed by atoms with E-state index in [1.54, 1.807) is 11.8 Å². The minimum atomic E-state index is -0.541. The van der Waals surface area contributed by atoms with Crippen LogP contribution in [0.15, 0.2) is 78.9 Å². The van der Waals surface area contributed by atoms with Crippen molar-refractivity contribution in [3.63, 3.8) is 0 Å². The maximum atomic E-state index is 13.5. The van der Waals surface area contributed by atoms with Crippen LogP contribution in [0.5, 0.6) is 5.75 Å². The van der Waals surface area contributed by atoms with Gasteiger partial charge in [-0.25, -0.2) is 0 Å². The third kappa shape index (κ3) is 5.07. The van der Waals surface area contributed by atoms with Gasteiger partial charge in [0.2, 0.25) is 5.91 Å². The first-order valence-electron chi connectivity index (χ1n) is 11.1. The Hall–Kier alpha value is -3.64. The Morgan fingerprint density at radius 1 is 1.00 bits per heavy atom. The largest absolute Gasteiger partial charge is 0.479 e. The maximum absolute atomic E-state index is 13.5. The van der Waals surface area contributed by atoms with Gasteiger partial charge in [0, 0.05) is 18.8 Å². The number of nitrogens with zero attached hydrogens (tertiary/aromatic N) is 2. The summed E-state index contributed by atoms with van der Waals surface area (Å²) < 4.78 is 5.81. The molecule has 0 saturated carbocycles. The summed E-state index contributed by atoms with van der Waals surface area (Å²) in [6, 6.07) is 24.9. The van der Waals surface area contributed by atoms with E-state index in [2.05, 4.69) is 5.32 Å². The molecule has 170 valence electrons. The number of amides is 2. The van der Waals surface area contributed by atoms with E-state index in [0.717, 1.165) is 17.7 Å². The molecule has 33 heavy (non-hydrogen) atoms. The lowest BCUT2D eigenvalue weighted by atomic mass is 9.90. The predicted octanol–water partition coefficient (Wildman–Crippen LogP) is 4.13. The fraction of sp³-hybridized carbons (Fsp3) is 0.259. The van der Waals surface area contributed by atoms with E-state index in [0.29, 0.717) is 23.7 Å². The molecule has 0 bridgehead atoms. The molecular weight excluding hydrogens is 414 g/mol. The normalized spacial score (nSPS) is 15.4. The van der Waals surface area contributed by atoms with Crippen molar-refractivity contribution in [1.29, 1.82) is 0 Å². The van der Waals surface area contributed by atoms with Crippen LogP contribution in [0.3, 0.4) is 0 Å². The van der Waals surface area contributed by atoms with Gasteiger partial charge in [-0.15, -0.1) is 0 Å². The molecule has 6 heteroatoms. The van der Waals surface area contributed by atoms with Crippen molar-refractivity contribution >= 4 is 23.2 Å². The number of fused-ring (bicyclic) bond motifs is 1. The number of nitrogens with one attached hydrogen (secondary N) is 1. The zero-order chi connectivity index (χ0) is 23.4. The monoisotopic (exact) mass is 443 g/mol. The standard InChI is InChI=1S/C27H29N3O3/c1-19-27(32)30(17-16-29(2)3)23-18-22(14-15-24(23)33-19)28-26(31)25(20-10-6-4-7-11-20)21-12-8-5-9-13-21/h4-15,18-19,25H,16-17H2,1-3H3,(H,28,31). The number of carbonyl (C=O) groups is 2. The molecule has 3 aromatic rings. The molecule has 1 atom stereocenters. The molecule has 1 heterocycles. The van der Waals surface area contributed by atoms with Gasteiger partial charge in [-0.2, -0.15) is 0 Å². The highest BCUT2D eigenvalue weighted by atomic mass is 16.5. The summed E-state index contributed by atoms with van der Waals surface area (Å²) in [6.07, 6.45) is -0.541. The van der Waals surface area contributed by atoms with E-state index in [4.69, 9.17) is 4.74 Å². The molecule has 1 N–H and O–H groups in total. The summed E-state index contributed by atoms with van der Waals surface area (Å²) in [5.74, 6) is -0.0319. The molecule has 1 aliphatic rings. The average Bonchev–Trinajstić information content (AvgIpc) is 2.81. The molecule has 1 unspecified atom stereocenters. The first-order valence-corrected chi connectivity index (χ1v) is 11.1. The van der Waals surface area contributed by atoms with Crippen LogP contribution >= 0.6 is 0 Å². The molecule has 0 saturated heterocycles. The van der Waals surface area contributed by atoms with Gasteiger partial charge in [0.15, 0.2) is 6.10 Å². The maximum Gasteiger partial charge on any atom is 0.267 e. The number of hydrogen-bond acceptors (Lipinski definition) is 4. The van der Waals surface area contributed by atoms with Crippen molar-refractivity contribution in [2.75, 3.05) is 37.4 Å². The Morgan fingerprint density at radius 3 is 2.18 bits per heavy atom. The SMILES string of the molecule is CC1Oc2ccc(NC(=O)C(c3ccccc3)c3ccccc3)cc2N(CCN(C)C)C1=O. The Morgan fingerprint density at radius 2 is 1.61 bits per heavy atom. The lowest BCUT2D eigenvalue weighted by Gasteiger charge is -2.34. The summed E-state index contributed by atoms with van der Waals surface area (Å²) in [7, 11) is 3.94. The van der Waals surface area contributed by atoms with E-state index in [1.165, 1.54) is 0 Å². The number of hydrogen-bond donors (Lipinski definition) is 1. The van der Waals surface area contributed by atoms with Gasteiger partial charge in [0.25, 0.3) is 5.91 Å². The van der Waals surface area contributed by atoms with E-state index >= 15 is 0 Å². The number of anilines is 2. The second-order valence-electron chi connectivity index (χ2n) is 8.48. The van der Waals surface area contributed by atoms with Gasteiger partial charge in [-0.05, 0) is 50.3 Å². The van der Waals surface area contributed by atoms with Crippen LogP contribution < -0.4 is 15.0 Å². The third-order valence-corrected chi connectivity index (χ3v) is 5.73. The van der Waals surface area contributed by atoms with Crippen LogP contribution in [-0.2, 0) is 9.59 Å². The summed E-state index contributed by atoms with van der Waals surface area (Å²) in [6.45, 7) is 3.02. The van der Waals surface area contributed by atoms with E-state index in [9.17, 15) is 9.59 Å². The van der Waals surface area contributed by atoms with Crippen LogP contribution in [0, 0.1) is 0 Å². The van der Waals surface area contributed by atoms with Gasteiger partial charge in [0.05, 0.1) is 11.6 Å². The van der Waals surface area contributed by atoms with Crippen LogP contribution in [0.1, 0.15) is 24.0 Å². The van der Waals surface area contributed by atoms with Gasteiger partial charge in [-0.1, -0.05) is 60.7 Å². The molecule has 4 rings (SSSR count). The smallest absolute Gasteiger partial charge is 0.267 e. The molecule has 3 aromatic carbocycles. The Balaban J connectivity index is 1.63. The lowest BCUT2D eigenvalue weighted by Crippen LogP contribution is -2.46. The average molecular weight is 444 g/mol. The lowest BCUT2D eigenvalue weighted by molar-refractivity contribution is -0.125. The van der Waals surface area contributed by atoms with Crippen molar-refractivity contribution in [2.24, 2.45) is 0 Å². The second-order valence-corrected chi connectivity index (χ2v) is 8.48. The highest BCUT2D eigenvalue weighted by Gasteiger charge is 2.32. The van der Waals surface area contributed by atoms with Crippen molar-refractivity contribution in [2.45, 2.75) is 18.9 Å². The van der Waals surface area contributed by atoms with Crippen LogP contribution in [0.25, 0.3) is 0 Å². The summed E-state index contributed by atoms with van der Waals surface area (Å²) >= 11 is 0. The van der Waals surface area contributed by atoms with Gasteiger partial charge >= 0.3 is 0 Å². The number of carbonyl (C=O) groups excluding carboxylic acids is 2. The summed E-state index contributed by atoms with van der Waals surface area (Å²) in [5, 5.41) is 3.06. The summed E-state index contributed by atoms with van der Waals surface area (Å²) in [4.78, 5) is 30.0. The molecule has 1 aliphatic heterocycles. The third-order valence-electron chi connectivity index (χ3n) is 5.73. The predicted molar refractivity (Wildman–Crippen MR) is 131 cm³/mol. The number of rotatable bonds is 7. The van der Waals surface area contributed by atoms with Crippen LogP contribution in [0.2, 0.25) is 0 Å². The fourth-order valence-corrected chi connectivity index (χ4v) is 4.02. The fourth-order valence-electron chi connectivity index (χ4n) is 4.02. The molecule has 0 aromatic heterocycles. The Bertz CT molecular complexity index is 1080. The number of ether oxygens (including phenoxy) is 1. The molecule has 0 aliphatic carbocycles. The van der Waals surface area contributed by atoms with Crippen molar-refractivity contribution in [1.82, 2.24) is 4.90 Å². The molecule has 0 fully saturated rings. The van der Waals surface area contributed by atoms with Crippen LogP contribution in [0.4, 0.5) is 11.4 Å². The molecular formula is C27H29N3O3. The first kappa shape index (κ1) is 22.6. The van der Waals surface area contributed by atoms with Gasteiger partial charge in [-0.3, -0.25) is 9.59 Å². The number of benzene rings is 3. The first-order chi connectivity index (χ1) is 15.9. The Labute approximate surface area is 194 Å². The quantitative estimate of drug-likeness (QED) is 0.596. The highest BCUT2D eigenvalue weighted by molar-refractivity contribution is 6.02. The van der Waals surface area contributed by atoms with Crippen LogP contribution in [-0.4, -0.2) is 50.0 Å². The second kappa shape index (κ2) is 9.88. The zero-order valence-corrected chi connectivity index (χ0v) is 19.2. The minimum absolute atomic E-state index is 0.0840. The molecule has 6 nitrogen and oxygen atoms in total. The van der Waals surface area contributed by atoms with E-state index in [-0.39, 0.29) is 11.8 Å². The van der Waals surface area contributed by atoms with E-state index in [1.807, 2.05) is 97.9 Å². The molecule has 0 spiro atoms. The van der Waals surface area contributed by atoms with E-state index < -0.39 is 12.0 Å². The van der Waals surface area contributed by atoms with Crippen molar-refractivity contribution < 1.29 is 14.3 Å². The topological polar surface area (TPSA) is 61.9 Å². The van der Waals surface area contributed by atoms with Gasteiger partial charge in [0.1, 0.15) is 5.75 Å². The Kier molecular flexibility index (Phi) is 6.75. The molecule has 0 radical (unpaired) electrons. The minimum Gasteiger partial charge on any atom is -0.479 e. The van der Waals surface area contributed by atoms with Crippen molar-refractivity contribution in [3.8, 4) is 5.75 Å². The highest BCUT2D eigenvalue weighted by Crippen LogP contribution is 2.37. The van der Waals surface area contributed by atoms with Gasteiger partial charge < -0.3 is 19.9 Å².